The van der Waals surface area contributed by atoms with Gasteiger partial charge in [-0.3, -0.25) is 4.79 Å². The highest BCUT2D eigenvalue weighted by molar-refractivity contribution is 6.33. The van der Waals surface area contributed by atoms with Gasteiger partial charge in [0, 0.05) is 79.3 Å². The Morgan fingerprint density at radius 3 is 2.74 bits per heavy atom. The molecule has 11 nitrogen and oxygen atoms in total. The van der Waals surface area contributed by atoms with Crippen LogP contribution in [0.4, 0.5) is 11.4 Å². The van der Waals surface area contributed by atoms with Gasteiger partial charge < -0.3 is 34.5 Å². The number of pyridine rings is 3. The number of carbonyl (C=O) groups is 1. The summed E-state index contributed by atoms with van der Waals surface area (Å²) >= 11 is 6.59. The number of carboxylic acids is 1. The van der Waals surface area contributed by atoms with Gasteiger partial charge in [0.2, 0.25) is 5.43 Å². The Kier molecular flexibility index (Phi) is 6.16. The predicted molar refractivity (Wildman–Crippen MR) is 164 cm³/mol. The number of aromatic carboxylic acids is 1. The molecule has 0 radical (unpaired) electrons. The number of halogens is 1. The van der Waals surface area contributed by atoms with Crippen molar-refractivity contribution in [3.05, 3.63) is 57.6 Å². The summed E-state index contributed by atoms with van der Waals surface area (Å²) < 4.78 is 7.82. The topological polar surface area (TPSA) is 129 Å². The molecule has 0 aliphatic carbocycles. The van der Waals surface area contributed by atoms with E-state index in [1.165, 1.54) is 6.20 Å². The molecule has 7 rings (SSSR count). The van der Waals surface area contributed by atoms with E-state index >= 15 is 0 Å². The zero-order valence-electron chi connectivity index (χ0n) is 23.6. The Morgan fingerprint density at radius 1 is 1.19 bits per heavy atom. The van der Waals surface area contributed by atoms with E-state index in [1.807, 2.05) is 19.2 Å². The van der Waals surface area contributed by atoms with Crippen molar-refractivity contribution in [2.75, 3.05) is 51.1 Å². The van der Waals surface area contributed by atoms with E-state index in [1.54, 1.807) is 30.1 Å². The number of ether oxygens (including phenoxy) is 1. The van der Waals surface area contributed by atoms with Gasteiger partial charge in [-0.1, -0.05) is 11.6 Å². The van der Waals surface area contributed by atoms with Crippen LogP contribution in [0, 0.1) is 5.92 Å². The molecule has 0 bridgehead atoms. The molecule has 42 heavy (non-hydrogen) atoms. The van der Waals surface area contributed by atoms with Crippen LogP contribution in [0.5, 0.6) is 0 Å². The van der Waals surface area contributed by atoms with Gasteiger partial charge in [0.05, 0.1) is 40.4 Å². The van der Waals surface area contributed by atoms with Gasteiger partial charge in [0.1, 0.15) is 16.9 Å². The first-order valence-corrected chi connectivity index (χ1v) is 14.1. The zero-order chi connectivity index (χ0) is 29.4. The monoisotopic (exact) mass is 587 g/mol. The lowest BCUT2D eigenvalue weighted by atomic mass is 9.99. The summed E-state index contributed by atoms with van der Waals surface area (Å²) in [5, 5.41) is 15.5. The summed E-state index contributed by atoms with van der Waals surface area (Å²) in [6.45, 7) is 2.17. The standard InChI is InChI=1S/C30H30ClN7O4/c1-32-21-7-15(31)6-16-24-26(38-11-19-22(36(2)3)13-42-23(19)12-38)18(9-33-28(24)35-25(16)21)14-5-17-27(39)20(30(40)41)10-37(4)29(17)34-8-14/h5-10,19,22-23,32H,11-13H2,1-4H3,(H,33,35)(H,40,41)/t19?,22?,23-/m1/s1. The number of likely N-dealkylation sites (N-methyl/N-ethyl adjacent to an activating group) is 1. The second-order valence-electron chi connectivity index (χ2n) is 11.3. The van der Waals surface area contributed by atoms with E-state index in [0.717, 1.165) is 39.8 Å². The SMILES string of the molecule is CNc1cc(Cl)cc2c1[nH]c1ncc(-c3cnc4c(c3)c(=O)c(C(=O)O)cn4C)c(N3CC4C(N(C)C)CO[C@@H]4C3)c12. The van der Waals surface area contributed by atoms with Crippen molar-refractivity contribution in [3.63, 3.8) is 0 Å². The van der Waals surface area contributed by atoms with E-state index in [0.29, 0.717) is 47.0 Å². The third-order valence-electron chi connectivity index (χ3n) is 8.75. The lowest BCUT2D eigenvalue weighted by molar-refractivity contribution is 0.0695. The first-order valence-electron chi connectivity index (χ1n) is 13.7. The first-order chi connectivity index (χ1) is 20.2. The minimum absolute atomic E-state index is 0.0790. The van der Waals surface area contributed by atoms with Crippen LogP contribution in [-0.2, 0) is 11.8 Å². The number of H-pyrrole nitrogens is 1. The quantitative estimate of drug-likeness (QED) is 0.281. The number of nitrogens with zero attached hydrogens (tertiary/aromatic N) is 5. The van der Waals surface area contributed by atoms with Crippen molar-refractivity contribution in [2.45, 2.75) is 12.1 Å². The van der Waals surface area contributed by atoms with Crippen LogP contribution in [0.3, 0.4) is 0 Å². The number of aromatic amines is 1. The maximum atomic E-state index is 13.2. The number of benzene rings is 1. The first kappa shape index (κ1) is 26.7. The molecule has 3 N–H and O–H groups in total. The molecule has 216 valence electrons. The smallest absolute Gasteiger partial charge is 0.341 e. The number of hydrogen-bond donors (Lipinski definition) is 3. The summed E-state index contributed by atoms with van der Waals surface area (Å²) in [5.41, 5.74) is 4.38. The number of fused-ring (bicyclic) bond motifs is 5. The van der Waals surface area contributed by atoms with Crippen molar-refractivity contribution < 1.29 is 14.6 Å². The van der Waals surface area contributed by atoms with Crippen LogP contribution in [-0.4, -0.2) is 88.5 Å². The molecule has 2 fully saturated rings. The molecule has 0 spiro atoms. The normalized spacial score (nSPS) is 20.3. The second-order valence-corrected chi connectivity index (χ2v) is 11.8. The Hall–Kier alpha value is -4.19. The maximum absolute atomic E-state index is 13.2. The average molecular weight is 588 g/mol. The molecule has 6 heterocycles. The van der Waals surface area contributed by atoms with Gasteiger partial charge in [-0.05, 0) is 32.3 Å². The average Bonchev–Trinajstić information content (AvgIpc) is 3.66. The van der Waals surface area contributed by atoms with Crippen molar-refractivity contribution in [1.82, 2.24) is 24.4 Å². The summed E-state index contributed by atoms with van der Waals surface area (Å²) in [7, 11) is 7.70. The van der Waals surface area contributed by atoms with Crippen LogP contribution in [0.1, 0.15) is 10.4 Å². The molecule has 5 aromatic rings. The Bertz CT molecular complexity index is 1980. The summed E-state index contributed by atoms with van der Waals surface area (Å²) in [6, 6.07) is 5.84. The van der Waals surface area contributed by atoms with Crippen LogP contribution in [0.15, 0.2) is 41.6 Å². The molecule has 0 amide bonds. The van der Waals surface area contributed by atoms with Crippen LogP contribution < -0.4 is 15.6 Å². The van der Waals surface area contributed by atoms with Gasteiger partial charge in [-0.2, -0.15) is 0 Å². The van der Waals surface area contributed by atoms with Crippen LogP contribution in [0.25, 0.3) is 44.1 Å². The number of carboxylic acid groups (broad SMARTS) is 1. The highest BCUT2D eigenvalue weighted by Gasteiger charge is 2.45. The molecule has 12 heteroatoms. The second kappa shape index (κ2) is 9.69. The molecule has 2 saturated heterocycles. The van der Waals surface area contributed by atoms with E-state index < -0.39 is 11.4 Å². The van der Waals surface area contributed by atoms with E-state index in [9.17, 15) is 14.7 Å². The summed E-state index contributed by atoms with van der Waals surface area (Å²) in [4.78, 5) is 42.5. The fraction of sp³-hybridized carbons (Fsp3) is 0.333. The molecule has 3 atom stereocenters. The molecular weight excluding hydrogens is 558 g/mol. The number of aromatic nitrogens is 4. The van der Waals surface area contributed by atoms with Gasteiger partial charge in [0.15, 0.2) is 0 Å². The highest BCUT2D eigenvalue weighted by Crippen LogP contribution is 2.45. The lowest BCUT2D eigenvalue weighted by Gasteiger charge is -2.27. The van der Waals surface area contributed by atoms with E-state index in [4.69, 9.17) is 21.3 Å². The fourth-order valence-electron chi connectivity index (χ4n) is 6.71. The fourth-order valence-corrected chi connectivity index (χ4v) is 6.93. The Balaban J connectivity index is 1.50. The molecule has 2 aliphatic rings. The third-order valence-corrected chi connectivity index (χ3v) is 8.97. The van der Waals surface area contributed by atoms with Gasteiger partial charge in [-0.25, -0.2) is 14.8 Å². The third kappa shape index (κ3) is 3.95. The van der Waals surface area contributed by atoms with Gasteiger partial charge in [-0.15, -0.1) is 0 Å². The molecule has 0 saturated carbocycles. The minimum Gasteiger partial charge on any atom is -0.477 e. The van der Waals surface area contributed by atoms with Crippen LogP contribution in [0.2, 0.25) is 5.02 Å². The summed E-state index contributed by atoms with van der Waals surface area (Å²) in [6.07, 6.45) is 4.89. The lowest BCUT2D eigenvalue weighted by Crippen LogP contribution is -2.37. The largest absolute Gasteiger partial charge is 0.477 e. The predicted octanol–water partition coefficient (Wildman–Crippen LogP) is 3.79. The van der Waals surface area contributed by atoms with Gasteiger partial charge >= 0.3 is 5.97 Å². The molecule has 1 aromatic carbocycles. The molecule has 4 aromatic heterocycles. The minimum atomic E-state index is -1.28. The number of aryl methyl sites for hydroxylation is 1. The number of anilines is 2. The number of hydrogen-bond acceptors (Lipinski definition) is 8. The number of rotatable bonds is 5. The molecular formula is C30H30ClN7O4. The van der Waals surface area contributed by atoms with Gasteiger partial charge in [0.25, 0.3) is 0 Å². The van der Waals surface area contributed by atoms with Crippen molar-refractivity contribution in [1.29, 1.82) is 0 Å². The maximum Gasteiger partial charge on any atom is 0.341 e. The van der Waals surface area contributed by atoms with Crippen molar-refractivity contribution in [3.8, 4) is 11.1 Å². The number of nitrogens with one attached hydrogen (secondary N) is 2. The highest BCUT2D eigenvalue weighted by atomic mass is 35.5. The Labute approximate surface area is 245 Å². The van der Waals surface area contributed by atoms with Crippen LogP contribution >= 0.6 is 11.6 Å². The molecule has 2 unspecified atom stereocenters. The van der Waals surface area contributed by atoms with Crippen molar-refractivity contribution in [2.24, 2.45) is 13.0 Å². The zero-order valence-corrected chi connectivity index (χ0v) is 24.4. The van der Waals surface area contributed by atoms with E-state index in [-0.39, 0.29) is 17.1 Å². The molecule has 2 aliphatic heterocycles. The van der Waals surface area contributed by atoms with E-state index in [2.05, 4.69) is 39.2 Å². The van der Waals surface area contributed by atoms with Crippen molar-refractivity contribution >= 4 is 61.9 Å². The Morgan fingerprint density at radius 2 is 2.00 bits per heavy atom. The summed E-state index contributed by atoms with van der Waals surface area (Å²) in [5.74, 6) is -0.959.